The van der Waals surface area contributed by atoms with Crippen molar-refractivity contribution in [3.63, 3.8) is 0 Å². The van der Waals surface area contributed by atoms with E-state index in [4.69, 9.17) is 0 Å². The molecular formula is C17H28N2. The number of hydrogen-bond donors (Lipinski definition) is 2. The van der Waals surface area contributed by atoms with Crippen molar-refractivity contribution in [2.45, 2.75) is 65.0 Å². The van der Waals surface area contributed by atoms with Crippen LogP contribution in [0.2, 0.25) is 0 Å². The molecule has 2 heteroatoms. The molecule has 106 valence electrons. The van der Waals surface area contributed by atoms with Gasteiger partial charge < -0.3 is 10.6 Å². The zero-order valence-electron chi connectivity index (χ0n) is 12.7. The van der Waals surface area contributed by atoms with E-state index in [9.17, 15) is 0 Å². The molecule has 1 aromatic carbocycles. The third kappa shape index (κ3) is 3.30. The van der Waals surface area contributed by atoms with Crippen LogP contribution in [0.3, 0.4) is 0 Å². The number of rotatable bonds is 6. The summed E-state index contributed by atoms with van der Waals surface area (Å²) >= 11 is 0. The average molecular weight is 260 g/mol. The number of hydrogen-bond acceptors (Lipinski definition) is 2. The first kappa shape index (κ1) is 14.4. The third-order valence-electron chi connectivity index (χ3n) is 4.81. The van der Waals surface area contributed by atoms with Gasteiger partial charge in [0.25, 0.3) is 0 Å². The first-order valence-electron chi connectivity index (χ1n) is 7.83. The van der Waals surface area contributed by atoms with Crippen molar-refractivity contribution >= 4 is 5.69 Å². The summed E-state index contributed by atoms with van der Waals surface area (Å²) in [5.74, 6) is 0. The average Bonchev–Trinajstić information content (AvgIpc) is 2.49. The molecule has 0 spiro atoms. The van der Waals surface area contributed by atoms with Gasteiger partial charge in [-0.25, -0.2) is 0 Å². The van der Waals surface area contributed by atoms with Gasteiger partial charge in [0, 0.05) is 24.3 Å². The highest BCUT2D eigenvalue weighted by Crippen LogP contribution is 2.24. The van der Waals surface area contributed by atoms with Gasteiger partial charge in [-0.15, -0.1) is 0 Å². The fraction of sp³-hybridized carbons (Fsp3) is 0.647. The van der Waals surface area contributed by atoms with Crippen molar-refractivity contribution in [1.82, 2.24) is 5.32 Å². The Kier molecular flexibility index (Phi) is 4.87. The minimum atomic E-state index is 0.314. The summed E-state index contributed by atoms with van der Waals surface area (Å²) in [5, 5.41) is 7.26. The van der Waals surface area contributed by atoms with Crippen molar-refractivity contribution in [3.8, 4) is 0 Å². The largest absolute Gasteiger partial charge is 0.385 e. The predicted octanol–water partition coefficient (Wildman–Crippen LogP) is 4.10. The van der Waals surface area contributed by atoms with Crippen LogP contribution in [0.4, 0.5) is 5.69 Å². The van der Waals surface area contributed by atoms with Crippen LogP contribution in [0.25, 0.3) is 0 Å². The van der Waals surface area contributed by atoms with E-state index >= 15 is 0 Å². The first-order chi connectivity index (χ1) is 9.23. The Balaban J connectivity index is 2.03. The van der Waals surface area contributed by atoms with Gasteiger partial charge in [0.05, 0.1) is 0 Å². The van der Waals surface area contributed by atoms with E-state index in [2.05, 4.69) is 49.6 Å². The minimum absolute atomic E-state index is 0.314. The number of fused-ring (bicyclic) bond motifs is 1. The normalized spacial score (nSPS) is 14.9. The zero-order chi connectivity index (χ0) is 13.7. The Bertz CT molecular complexity index is 399. The molecule has 1 heterocycles. The highest BCUT2D eigenvalue weighted by Gasteiger charge is 2.22. The standard InChI is InChI=1S/C17H28N2/c1-4-17(5-2,6-3)19-13-14-9-10-16-15(12-14)8-7-11-18-16/h9-10,12,18-19H,4-8,11,13H2,1-3H3. The van der Waals surface area contributed by atoms with E-state index in [0.717, 1.165) is 13.1 Å². The van der Waals surface area contributed by atoms with Crippen molar-refractivity contribution in [3.05, 3.63) is 29.3 Å². The number of anilines is 1. The van der Waals surface area contributed by atoms with E-state index < -0.39 is 0 Å². The lowest BCUT2D eigenvalue weighted by Crippen LogP contribution is -2.43. The summed E-state index contributed by atoms with van der Waals surface area (Å²) in [7, 11) is 0. The van der Waals surface area contributed by atoms with Crippen molar-refractivity contribution in [2.75, 3.05) is 11.9 Å². The summed E-state index contributed by atoms with van der Waals surface area (Å²) in [4.78, 5) is 0. The number of nitrogens with one attached hydrogen (secondary N) is 2. The first-order valence-corrected chi connectivity index (χ1v) is 7.83. The highest BCUT2D eigenvalue weighted by molar-refractivity contribution is 5.54. The van der Waals surface area contributed by atoms with Gasteiger partial charge >= 0.3 is 0 Å². The second-order valence-corrected chi connectivity index (χ2v) is 5.72. The molecular weight excluding hydrogens is 232 g/mol. The van der Waals surface area contributed by atoms with Crippen LogP contribution < -0.4 is 10.6 Å². The zero-order valence-corrected chi connectivity index (χ0v) is 12.7. The molecule has 2 N–H and O–H groups in total. The summed E-state index contributed by atoms with van der Waals surface area (Å²) in [5.41, 5.74) is 4.55. The predicted molar refractivity (Wildman–Crippen MR) is 83.7 cm³/mol. The lowest BCUT2D eigenvalue weighted by molar-refractivity contribution is 0.288. The smallest absolute Gasteiger partial charge is 0.0372 e. The number of aryl methyl sites for hydroxylation is 1. The van der Waals surface area contributed by atoms with Crippen LogP contribution >= 0.6 is 0 Å². The molecule has 0 saturated heterocycles. The molecule has 0 aromatic heterocycles. The van der Waals surface area contributed by atoms with Crippen molar-refractivity contribution in [2.24, 2.45) is 0 Å². The Hall–Kier alpha value is -1.02. The van der Waals surface area contributed by atoms with Gasteiger partial charge in [-0.3, -0.25) is 0 Å². The molecule has 0 unspecified atom stereocenters. The lowest BCUT2D eigenvalue weighted by atomic mass is 9.89. The van der Waals surface area contributed by atoms with Crippen LogP contribution in [0.15, 0.2) is 18.2 Å². The van der Waals surface area contributed by atoms with Gasteiger partial charge in [-0.2, -0.15) is 0 Å². The lowest BCUT2D eigenvalue weighted by Gasteiger charge is -2.32. The molecule has 0 bridgehead atoms. The second-order valence-electron chi connectivity index (χ2n) is 5.72. The van der Waals surface area contributed by atoms with Crippen LogP contribution in [0, 0.1) is 0 Å². The fourth-order valence-corrected chi connectivity index (χ4v) is 3.05. The maximum absolute atomic E-state index is 3.78. The van der Waals surface area contributed by atoms with Gasteiger partial charge in [0.1, 0.15) is 0 Å². The minimum Gasteiger partial charge on any atom is -0.385 e. The van der Waals surface area contributed by atoms with E-state index in [-0.39, 0.29) is 0 Å². The Morgan fingerprint density at radius 2 is 1.89 bits per heavy atom. The Morgan fingerprint density at radius 3 is 2.58 bits per heavy atom. The maximum Gasteiger partial charge on any atom is 0.0372 e. The van der Waals surface area contributed by atoms with E-state index in [1.54, 1.807) is 0 Å². The number of benzene rings is 1. The molecule has 0 fully saturated rings. The summed E-state index contributed by atoms with van der Waals surface area (Å²) < 4.78 is 0. The van der Waals surface area contributed by atoms with Crippen molar-refractivity contribution < 1.29 is 0 Å². The highest BCUT2D eigenvalue weighted by atomic mass is 15.0. The van der Waals surface area contributed by atoms with E-state index in [0.29, 0.717) is 5.54 Å². The molecule has 0 radical (unpaired) electrons. The molecule has 1 aliphatic rings. The molecule has 2 nitrogen and oxygen atoms in total. The van der Waals surface area contributed by atoms with Gasteiger partial charge in [0.2, 0.25) is 0 Å². The van der Waals surface area contributed by atoms with E-state index in [1.165, 1.54) is 48.9 Å². The maximum atomic E-state index is 3.78. The SMILES string of the molecule is CCC(CC)(CC)NCc1ccc2c(c1)CCCN2. The molecule has 0 amide bonds. The van der Waals surface area contributed by atoms with Crippen LogP contribution in [0.5, 0.6) is 0 Å². The monoisotopic (exact) mass is 260 g/mol. The van der Waals surface area contributed by atoms with Gasteiger partial charge in [0.15, 0.2) is 0 Å². The van der Waals surface area contributed by atoms with Gasteiger partial charge in [-0.1, -0.05) is 32.9 Å². The summed E-state index contributed by atoms with van der Waals surface area (Å²) in [6.45, 7) is 8.97. The molecule has 0 atom stereocenters. The summed E-state index contributed by atoms with van der Waals surface area (Å²) in [6, 6.07) is 6.88. The fourth-order valence-electron chi connectivity index (χ4n) is 3.05. The van der Waals surface area contributed by atoms with Crippen molar-refractivity contribution in [1.29, 1.82) is 0 Å². The molecule has 0 aliphatic carbocycles. The van der Waals surface area contributed by atoms with Gasteiger partial charge in [-0.05, 0) is 49.3 Å². The Morgan fingerprint density at radius 1 is 1.16 bits per heavy atom. The molecule has 1 aromatic rings. The van der Waals surface area contributed by atoms with E-state index in [1.807, 2.05) is 0 Å². The summed E-state index contributed by atoms with van der Waals surface area (Å²) in [6.07, 6.45) is 6.08. The third-order valence-corrected chi connectivity index (χ3v) is 4.81. The quantitative estimate of drug-likeness (QED) is 0.804. The molecule has 0 saturated carbocycles. The molecule has 2 rings (SSSR count). The van der Waals surface area contributed by atoms with Crippen LogP contribution in [-0.4, -0.2) is 12.1 Å². The topological polar surface area (TPSA) is 24.1 Å². The molecule has 1 aliphatic heterocycles. The van der Waals surface area contributed by atoms with Crippen LogP contribution in [0.1, 0.15) is 57.6 Å². The second kappa shape index (κ2) is 6.42. The molecule has 19 heavy (non-hydrogen) atoms. The van der Waals surface area contributed by atoms with Crippen LogP contribution in [-0.2, 0) is 13.0 Å². The Labute approximate surface area is 118 Å².